The Hall–Kier alpha value is -2.67. The number of carbonyl (C=O) groups is 1. The van der Waals surface area contributed by atoms with Crippen molar-refractivity contribution in [3.8, 4) is 0 Å². The van der Waals surface area contributed by atoms with Crippen molar-refractivity contribution in [2.45, 2.75) is 11.7 Å². The molecule has 0 radical (unpaired) electrons. The summed E-state index contributed by atoms with van der Waals surface area (Å²) < 4.78 is 0. The zero-order valence-corrected chi connectivity index (χ0v) is 12.8. The number of amidine groups is 1. The predicted octanol–water partition coefficient (Wildman–Crippen LogP) is 3.06. The molecule has 1 aliphatic rings. The molecule has 1 heterocycles. The van der Waals surface area contributed by atoms with Gasteiger partial charge in [0.05, 0.1) is 15.9 Å². The Kier molecular flexibility index (Phi) is 4.38. The third kappa shape index (κ3) is 3.75. The monoisotopic (exact) mass is 327 g/mol. The maximum absolute atomic E-state index is 12.1. The second-order valence-electron chi connectivity index (χ2n) is 4.98. The number of hydrogen-bond acceptors (Lipinski definition) is 5. The van der Waals surface area contributed by atoms with Gasteiger partial charge >= 0.3 is 0 Å². The molecule has 1 atom stereocenters. The summed E-state index contributed by atoms with van der Waals surface area (Å²) >= 11 is 1.34. The SMILES string of the molecule is O=C1NC(=Nc2ccccc2)S[C@@H]1Cc1cccc([N+](=O)[O-])c1. The van der Waals surface area contributed by atoms with Crippen LogP contribution in [0.15, 0.2) is 59.6 Å². The van der Waals surface area contributed by atoms with Gasteiger partial charge < -0.3 is 5.32 Å². The topological polar surface area (TPSA) is 84.6 Å². The van der Waals surface area contributed by atoms with Gasteiger partial charge in [-0.3, -0.25) is 14.9 Å². The van der Waals surface area contributed by atoms with E-state index in [1.807, 2.05) is 30.3 Å². The first-order valence-corrected chi connectivity index (χ1v) is 7.84. The van der Waals surface area contributed by atoms with Crippen LogP contribution in [0.25, 0.3) is 0 Å². The van der Waals surface area contributed by atoms with Crippen LogP contribution in [0.4, 0.5) is 11.4 Å². The second kappa shape index (κ2) is 6.62. The minimum absolute atomic E-state index is 0.0316. The van der Waals surface area contributed by atoms with Crippen molar-refractivity contribution in [2.75, 3.05) is 0 Å². The van der Waals surface area contributed by atoms with Gasteiger partial charge in [0.2, 0.25) is 5.91 Å². The van der Waals surface area contributed by atoms with Gasteiger partial charge in [-0.15, -0.1) is 0 Å². The van der Waals surface area contributed by atoms with Crippen LogP contribution in [0.2, 0.25) is 0 Å². The number of para-hydroxylation sites is 1. The van der Waals surface area contributed by atoms with E-state index in [1.165, 1.54) is 23.9 Å². The zero-order valence-electron chi connectivity index (χ0n) is 12.0. The number of nitrogens with one attached hydrogen (secondary N) is 1. The lowest BCUT2D eigenvalue weighted by Gasteiger charge is -2.05. The highest BCUT2D eigenvalue weighted by Crippen LogP contribution is 2.26. The molecule has 0 saturated carbocycles. The third-order valence-electron chi connectivity index (χ3n) is 3.31. The molecule has 1 fully saturated rings. The highest BCUT2D eigenvalue weighted by Gasteiger charge is 2.30. The molecule has 23 heavy (non-hydrogen) atoms. The van der Waals surface area contributed by atoms with Gasteiger partial charge in [0.25, 0.3) is 5.69 Å². The normalized spacial score (nSPS) is 18.9. The van der Waals surface area contributed by atoms with Gasteiger partial charge in [0.1, 0.15) is 0 Å². The van der Waals surface area contributed by atoms with Gasteiger partial charge in [-0.2, -0.15) is 0 Å². The molecule has 1 saturated heterocycles. The van der Waals surface area contributed by atoms with Crippen LogP contribution in [-0.4, -0.2) is 21.2 Å². The fraction of sp³-hybridized carbons (Fsp3) is 0.125. The lowest BCUT2D eigenvalue weighted by Crippen LogP contribution is -2.25. The Balaban J connectivity index is 1.72. The van der Waals surface area contributed by atoms with Crippen LogP contribution in [0.5, 0.6) is 0 Å². The summed E-state index contributed by atoms with van der Waals surface area (Å²) in [5.41, 5.74) is 1.56. The minimum Gasteiger partial charge on any atom is -0.304 e. The van der Waals surface area contributed by atoms with Crippen molar-refractivity contribution in [1.29, 1.82) is 0 Å². The van der Waals surface area contributed by atoms with Gasteiger partial charge in [0, 0.05) is 12.1 Å². The largest absolute Gasteiger partial charge is 0.304 e. The van der Waals surface area contributed by atoms with Crippen molar-refractivity contribution in [3.05, 3.63) is 70.3 Å². The van der Waals surface area contributed by atoms with Crippen LogP contribution in [0, 0.1) is 10.1 Å². The maximum Gasteiger partial charge on any atom is 0.269 e. The van der Waals surface area contributed by atoms with Crippen LogP contribution in [0.1, 0.15) is 5.56 Å². The molecule has 3 rings (SSSR count). The summed E-state index contributed by atoms with van der Waals surface area (Å²) in [6.45, 7) is 0. The number of nitro groups is 1. The predicted molar refractivity (Wildman–Crippen MR) is 89.9 cm³/mol. The lowest BCUT2D eigenvalue weighted by atomic mass is 10.1. The smallest absolute Gasteiger partial charge is 0.269 e. The van der Waals surface area contributed by atoms with Crippen molar-refractivity contribution in [3.63, 3.8) is 0 Å². The summed E-state index contributed by atoms with van der Waals surface area (Å²) in [4.78, 5) is 26.8. The van der Waals surface area contributed by atoms with Crippen LogP contribution in [-0.2, 0) is 11.2 Å². The molecule has 0 spiro atoms. The Labute approximate surface area is 136 Å². The number of hydrogen-bond donors (Lipinski definition) is 1. The van der Waals surface area contributed by atoms with Crippen molar-refractivity contribution in [2.24, 2.45) is 4.99 Å². The minimum atomic E-state index is -0.437. The Morgan fingerprint density at radius 3 is 2.70 bits per heavy atom. The Morgan fingerprint density at radius 1 is 1.17 bits per heavy atom. The number of nitro benzene ring substituents is 1. The standard InChI is InChI=1S/C16H13N3O3S/c20-15-14(10-11-5-4-8-13(9-11)19(21)22)23-16(18-15)17-12-6-2-1-3-7-12/h1-9,14H,10H2,(H,17,18,20)/t14-/m1/s1. The molecule has 1 amide bonds. The summed E-state index contributed by atoms with van der Waals surface area (Å²) in [5, 5.41) is 13.8. The first kappa shape index (κ1) is 15.2. The van der Waals surface area contributed by atoms with Crippen molar-refractivity contribution < 1.29 is 9.72 Å². The van der Waals surface area contributed by atoms with Gasteiger partial charge in [-0.1, -0.05) is 42.1 Å². The number of nitrogens with zero attached hydrogens (tertiary/aromatic N) is 2. The van der Waals surface area contributed by atoms with E-state index in [4.69, 9.17) is 0 Å². The van der Waals surface area contributed by atoms with E-state index >= 15 is 0 Å². The lowest BCUT2D eigenvalue weighted by molar-refractivity contribution is -0.384. The molecule has 1 aliphatic heterocycles. The Morgan fingerprint density at radius 2 is 1.96 bits per heavy atom. The molecule has 2 aromatic rings. The average Bonchev–Trinajstić information content (AvgIpc) is 2.88. The van der Waals surface area contributed by atoms with Crippen LogP contribution >= 0.6 is 11.8 Å². The molecule has 0 aromatic heterocycles. The van der Waals surface area contributed by atoms with Crippen molar-refractivity contribution >= 4 is 34.2 Å². The zero-order chi connectivity index (χ0) is 16.2. The molecular weight excluding hydrogens is 314 g/mol. The maximum atomic E-state index is 12.1. The van der Waals surface area contributed by atoms with Gasteiger partial charge in [-0.25, -0.2) is 4.99 Å². The molecule has 6 nitrogen and oxygen atoms in total. The Bertz CT molecular complexity index is 777. The number of non-ortho nitro benzene ring substituents is 1. The number of benzene rings is 2. The van der Waals surface area contributed by atoms with Gasteiger partial charge in [-0.05, 0) is 24.1 Å². The second-order valence-corrected chi connectivity index (χ2v) is 6.17. The van der Waals surface area contributed by atoms with E-state index in [0.29, 0.717) is 11.6 Å². The quantitative estimate of drug-likeness (QED) is 0.691. The average molecular weight is 327 g/mol. The molecule has 1 N–H and O–H groups in total. The molecular formula is C16H13N3O3S. The van der Waals surface area contributed by atoms with E-state index in [9.17, 15) is 14.9 Å². The number of amides is 1. The van der Waals surface area contributed by atoms with Gasteiger partial charge in [0.15, 0.2) is 5.17 Å². The number of carbonyl (C=O) groups excluding carboxylic acids is 1. The van der Waals surface area contributed by atoms with E-state index in [-0.39, 0.29) is 16.8 Å². The molecule has 2 aromatic carbocycles. The third-order valence-corrected chi connectivity index (χ3v) is 4.39. The number of thioether (sulfide) groups is 1. The summed E-state index contributed by atoms with van der Waals surface area (Å²) in [6, 6.07) is 15.7. The van der Waals surface area contributed by atoms with E-state index < -0.39 is 4.92 Å². The van der Waals surface area contributed by atoms with Crippen LogP contribution < -0.4 is 5.32 Å². The highest BCUT2D eigenvalue weighted by molar-refractivity contribution is 8.15. The molecule has 0 bridgehead atoms. The van der Waals surface area contributed by atoms with E-state index in [0.717, 1.165) is 11.3 Å². The van der Waals surface area contributed by atoms with E-state index in [1.54, 1.807) is 12.1 Å². The van der Waals surface area contributed by atoms with E-state index in [2.05, 4.69) is 10.3 Å². The number of rotatable bonds is 4. The first-order valence-electron chi connectivity index (χ1n) is 6.96. The molecule has 7 heteroatoms. The summed E-state index contributed by atoms with van der Waals surface area (Å²) in [6.07, 6.45) is 0.423. The summed E-state index contributed by atoms with van der Waals surface area (Å²) in [5.74, 6) is -0.129. The van der Waals surface area contributed by atoms with Crippen LogP contribution in [0.3, 0.4) is 0 Å². The highest BCUT2D eigenvalue weighted by atomic mass is 32.2. The molecule has 116 valence electrons. The first-order chi connectivity index (χ1) is 11.1. The summed E-state index contributed by atoms with van der Waals surface area (Å²) in [7, 11) is 0. The molecule has 0 aliphatic carbocycles. The fourth-order valence-corrected chi connectivity index (χ4v) is 3.25. The molecule has 0 unspecified atom stereocenters. The fourth-order valence-electron chi connectivity index (χ4n) is 2.22. The number of aliphatic imine (C=N–C) groups is 1. The van der Waals surface area contributed by atoms with Crippen molar-refractivity contribution in [1.82, 2.24) is 5.32 Å².